The molecule has 1 nitrogen and oxygen atoms in total. The van der Waals surface area contributed by atoms with Crippen molar-refractivity contribution in [3.8, 4) is 0 Å². The molecule has 0 aliphatic carbocycles. The predicted octanol–water partition coefficient (Wildman–Crippen LogP) is 3.61. The maximum absolute atomic E-state index is 3.86. The molecule has 0 radical (unpaired) electrons. The van der Waals surface area contributed by atoms with Crippen LogP contribution < -0.4 is 0 Å². The Morgan fingerprint density at radius 2 is 2.21 bits per heavy atom. The van der Waals surface area contributed by atoms with Gasteiger partial charge in [-0.25, -0.2) is 0 Å². The van der Waals surface area contributed by atoms with E-state index in [1.807, 2.05) is 0 Å². The van der Waals surface area contributed by atoms with Crippen LogP contribution in [0.2, 0.25) is 0 Å². The van der Waals surface area contributed by atoms with E-state index in [1.54, 1.807) is 0 Å². The number of piperidine rings is 1. The van der Waals surface area contributed by atoms with Crippen molar-refractivity contribution >= 4 is 0 Å². The van der Waals surface area contributed by atoms with Gasteiger partial charge in [0, 0.05) is 6.04 Å². The van der Waals surface area contributed by atoms with Gasteiger partial charge in [0.1, 0.15) is 0 Å². The molecule has 1 atom stereocenters. The van der Waals surface area contributed by atoms with Gasteiger partial charge >= 0.3 is 0 Å². The van der Waals surface area contributed by atoms with E-state index >= 15 is 0 Å². The highest BCUT2D eigenvalue weighted by Crippen LogP contribution is 2.20. The molecule has 14 heavy (non-hydrogen) atoms. The first-order valence-electron chi connectivity index (χ1n) is 6.23. The number of unbranched alkanes of at least 4 members (excludes halogenated alkanes) is 2. The average Bonchev–Trinajstić information content (AvgIpc) is 2.21. The van der Waals surface area contributed by atoms with Crippen molar-refractivity contribution in [3.05, 3.63) is 12.7 Å². The number of rotatable bonds is 6. The van der Waals surface area contributed by atoms with Gasteiger partial charge in [-0.2, -0.15) is 0 Å². The van der Waals surface area contributed by atoms with Crippen LogP contribution in [-0.4, -0.2) is 24.0 Å². The zero-order valence-corrected chi connectivity index (χ0v) is 9.67. The SMILES string of the molecule is C=CCC1CCCCN1CCCCC. The Bertz CT molecular complexity index is 153. The van der Waals surface area contributed by atoms with Gasteiger partial charge in [-0.05, 0) is 38.8 Å². The molecule has 0 amide bonds. The zero-order valence-electron chi connectivity index (χ0n) is 9.67. The third-order valence-electron chi connectivity index (χ3n) is 3.24. The normalized spacial score (nSPS) is 23.6. The van der Waals surface area contributed by atoms with E-state index in [0.29, 0.717) is 0 Å². The van der Waals surface area contributed by atoms with Gasteiger partial charge in [-0.3, -0.25) is 0 Å². The maximum Gasteiger partial charge on any atom is 0.0130 e. The predicted molar refractivity (Wildman–Crippen MR) is 63.6 cm³/mol. The molecule has 0 saturated carbocycles. The largest absolute Gasteiger partial charge is 0.300 e. The van der Waals surface area contributed by atoms with Crippen LogP contribution >= 0.6 is 0 Å². The van der Waals surface area contributed by atoms with E-state index in [0.717, 1.165) is 6.04 Å². The summed E-state index contributed by atoms with van der Waals surface area (Å²) in [6.07, 6.45) is 11.6. The van der Waals surface area contributed by atoms with E-state index in [2.05, 4.69) is 24.5 Å². The van der Waals surface area contributed by atoms with Crippen LogP contribution in [0.25, 0.3) is 0 Å². The molecule has 1 heterocycles. The molecule has 1 unspecified atom stereocenters. The van der Waals surface area contributed by atoms with Gasteiger partial charge in [0.15, 0.2) is 0 Å². The monoisotopic (exact) mass is 195 g/mol. The molecule has 1 fully saturated rings. The summed E-state index contributed by atoms with van der Waals surface area (Å²) in [7, 11) is 0. The minimum atomic E-state index is 0.804. The summed E-state index contributed by atoms with van der Waals surface area (Å²) < 4.78 is 0. The van der Waals surface area contributed by atoms with Crippen molar-refractivity contribution < 1.29 is 0 Å². The first-order valence-corrected chi connectivity index (χ1v) is 6.23. The summed E-state index contributed by atoms with van der Waals surface area (Å²) in [5, 5.41) is 0. The van der Waals surface area contributed by atoms with E-state index in [1.165, 1.54) is 58.0 Å². The molecule has 1 heteroatoms. The quantitative estimate of drug-likeness (QED) is 0.462. The fraction of sp³-hybridized carbons (Fsp3) is 0.846. The highest BCUT2D eigenvalue weighted by Gasteiger charge is 2.19. The Hall–Kier alpha value is -0.300. The first-order chi connectivity index (χ1) is 6.88. The molecule has 1 rings (SSSR count). The van der Waals surface area contributed by atoms with Gasteiger partial charge < -0.3 is 4.90 Å². The van der Waals surface area contributed by atoms with E-state index < -0.39 is 0 Å². The molecule has 0 bridgehead atoms. The molecule has 0 spiro atoms. The minimum Gasteiger partial charge on any atom is -0.300 e. The van der Waals surface area contributed by atoms with E-state index in [4.69, 9.17) is 0 Å². The highest BCUT2D eigenvalue weighted by molar-refractivity contribution is 4.83. The number of hydrogen-bond acceptors (Lipinski definition) is 1. The number of nitrogens with zero attached hydrogens (tertiary/aromatic N) is 1. The highest BCUT2D eigenvalue weighted by atomic mass is 15.2. The fourth-order valence-corrected chi connectivity index (χ4v) is 2.38. The van der Waals surface area contributed by atoms with Crippen LogP contribution in [0.1, 0.15) is 51.9 Å². The van der Waals surface area contributed by atoms with Crippen molar-refractivity contribution in [2.75, 3.05) is 13.1 Å². The van der Waals surface area contributed by atoms with Crippen LogP contribution in [0, 0.1) is 0 Å². The molecule has 1 saturated heterocycles. The summed E-state index contributed by atoms with van der Waals surface area (Å²) >= 11 is 0. The lowest BCUT2D eigenvalue weighted by molar-refractivity contribution is 0.146. The van der Waals surface area contributed by atoms with Crippen molar-refractivity contribution in [2.45, 2.75) is 57.9 Å². The Morgan fingerprint density at radius 3 is 2.93 bits per heavy atom. The molecule has 1 aliphatic heterocycles. The van der Waals surface area contributed by atoms with Crippen molar-refractivity contribution in [2.24, 2.45) is 0 Å². The summed E-state index contributed by atoms with van der Waals surface area (Å²) in [6.45, 7) is 8.77. The second kappa shape index (κ2) is 7.05. The topological polar surface area (TPSA) is 3.24 Å². The van der Waals surface area contributed by atoms with Crippen LogP contribution in [0.15, 0.2) is 12.7 Å². The number of likely N-dealkylation sites (tertiary alicyclic amines) is 1. The van der Waals surface area contributed by atoms with E-state index in [-0.39, 0.29) is 0 Å². The van der Waals surface area contributed by atoms with Crippen molar-refractivity contribution in [3.63, 3.8) is 0 Å². The third-order valence-corrected chi connectivity index (χ3v) is 3.24. The number of hydrogen-bond donors (Lipinski definition) is 0. The van der Waals surface area contributed by atoms with Gasteiger partial charge in [0.05, 0.1) is 0 Å². The molecular weight excluding hydrogens is 170 g/mol. The summed E-state index contributed by atoms with van der Waals surface area (Å²) in [6, 6.07) is 0.804. The summed E-state index contributed by atoms with van der Waals surface area (Å²) in [4.78, 5) is 2.68. The van der Waals surface area contributed by atoms with Gasteiger partial charge in [0.2, 0.25) is 0 Å². The molecule has 0 aromatic carbocycles. The standard InChI is InChI=1S/C13H25N/c1-3-5-7-11-14-12-8-6-10-13(14)9-4-2/h4,13H,2-3,5-12H2,1H3. The van der Waals surface area contributed by atoms with Gasteiger partial charge in [-0.15, -0.1) is 6.58 Å². The second-order valence-corrected chi connectivity index (χ2v) is 4.42. The summed E-state index contributed by atoms with van der Waals surface area (Å²) in [5.74, 6) is 0. The van der Waals surface area contributed by atoms with Crippen LogP contribution in [0.3, 0.4) is 0 Å². The fourth-order valence-electron chi connectivity index (χ4n) is 2.38. The Kier molecular flexibility index (Phi) is 5.93. The summed E-state index contributed by atoms with van der Waals surface area (Å²) in [5.41, 5.74) is 0. The lowest BCUT2D eigenvalue weighted by Crippen LogP contribution is -2.39. The van der Waals surface area contributed by atoms with Crippen LogP contribution in [-0.2, 0) is 0 Å². The first kappa shape index (κ1) is 11.8. The van der Waals surface area contributed by atoms with Gasteiger partial charge in [0.25, 0.3) is 0 Å². The van der Waals surface area contributed by atoms with E-state index in [9.17, 15) is 0 Å². The molecule has 0 aromatic heterocycles. The minimum absolute atomic E-state index is 0.804. The van der Waals surface area contributed by atoms with Crippen LogP contribution in [0.5, 0.6) is 0 Å². The molecule has 82 valence electrons. The van der Waals surface area contributed by atoms with Crippen molar-refractivity contribution in [1.29, 1.82) is 0 Å². The average molecular weight is 195 g/mol. The smallest absolute Gasteiger partial charge is 0.0130 e. The second-order valence-electron chi connectivity index (χ2n) is 4.42. The van der Waals surface area contributed by atoms with Crippen LogP contribution in [0.4, 0.5) is 0 Å². The molecule has 0 aromatic rings. The Morgan fingerprint density at radius 1 is 1.36 bits per heavy atom. The molecule has 1 aliphatic rings. The lowest BCUT2D eigenvalue weighted by Gasteiger charge is -2.35. The Labute approximate surface area is 89.2 Å². The van der Waals surface area contributed by atoms with Gasteiger partial charge in [-0.1, -0.05) is 32.3 Å². The third kappa shape index (κ3) is 3.83. The van der Waals surface area contributed by atoms with Crippen molar-refractivity contribution in [1.82, 2.24) is 4.90 Å². The molecule has 0 N–H and O–H groups in total. The Balaban J connectivity index is 2.26. The maximum atomic E-state index is 3.86. The molecular formula is C13H25N. The zero-order chi connectivity index (χ0) is 10.2. The lowest BCUT2D eigenvalue weighted by atomic mass is 9.99.